The average molecular weight is 488 g/mol. The molecule has 0 bridgehead atoms. The second kappa shape index (κ2) is 10.3. The zero-order valence-electron chi connectivity index (χ0n) is 18.9. The van der Waals surface area contributed by atoms with E-state index in [1.165, 1.54) is 28.7 Å². The summed E-state index contributed by atoms with van der Waals surface area (Å²) < 4.78 is 33.2. The van der Waals surface area contributed by atoms with Crippen molar-refractivity contribution in [1.29, 1.82) is 0 Å². The lowest BCUT2D eigenvalue weighted by atomic mass is 9.96. The first kappa shape index (κ1) is 23.8. The van der Waals surface area contributed by atoms with Crippen LogP contribution in [0.15, 0.2) is 63.0 Å². The molecule has 1 atom stereocenters. The van der Waals surface area contributed by atoms with Gasteiger partial charge in [-0.05, 0) is 44.0 Å². The number of sulfonamides is 1. The highest BCUT2D eigenvalue weighted by Crippen LogP contribution is 2.27. The molecule has 2 heterocycles. The third kappa shape index (κ3) is 5.59. The Bertz CT molecular complexity index is 1170. The van der Waals surface area contributed by atoms with Crippen molar-refractivity contribution < 1.29 is 17.6 Å². The molecule has 1 aromatic carbocycles. The SMILES string of the molecule is CC(NC(=O)CSc1ccc(S(=O)(=O)N(C)C2CCCCC2)cn1)c1cc2ccccc2o1. The van der Waals surface area contributed by atoms with E-state index in [9.17, 15) is 13.2 Å². The van der Waals surface area contributed by atoms with Gasteiger partial charge in [-0.15, -0.1) is 0 Å². The number of nitrogens with zero attached hydrogens (tertiary/aromatic N) is 2. The molecule has 7 nitrogen and oxygen atoms in total. The summed E-state index contributed by atoms with van der Waals surface area (Å²) in [5, 5.41) is 4.53. The quantitative estimate of drug-likeness (QED) is 0.461. The first-order valence-corrected chi connectivity index (χ1v) is 13.6. The van der Waals surface area contributed by atoms with Crippen molar-refractivity contribution in [1.82, 2.24) is 14.6 Å². The number of aromatic nitrogens is 1. The predicted octanol–water partition coefficient (Wildman–Crippen LogP) is 4.75. The molecule has 1 amide bonds. The van der Waals surface area contributed by atoms with Gasteiger partial charge in [-0.1, -0.05) is 49.2 Å². The number of thioether (sulfide) groups is 1. The smallest absolute Gasteiger partial charge is 0.244 e. The minimum Gasteiger partial charge on any atom is -0.459 e. The summed E-state index contributed by atoms with van der Waals surface area (Å²) in [7, 11) is -1.92. The van der Waals surface area contributed by atoms with E-state index in [0.717, 1.165) is 36.7 Å². The second-order valence-electron chi connectivity index (χ2n) is 8.41. The number of pyridine rings is 1. The van der Waals surface area contributed by atoms with Crippen LogP contribution in [-0.4, -0.2) is 42.5 Å². The van der Waals surface area contributed by atoms with Crippen molar-refractivity contribution in [2.75, 3.05) is 12.8 Å². The zero-order valence-corrected chi connectivity index (χ0v) is 20.5. The summed E-state index contributed by atoms with van der Waals surface area (Å²) >= 11 is 1.26. The van der Waals surface area contributed by atoms with Gasteiger partial charge in [0.25, 0.3) is 0 Å². The van der Waals surface area contributed by atoms with Gasteiger partial charge >= 0.3 is 0 Å². The maximum absolute atomic E-state index is 12.9. The van der Waals surface area contributed by atoms with Gasteiger partial charge in [0.15, 0.2) is 0 Å². The zero-order chi connectivity index (χ0) is 23.4. The Balaban J connectivity index is 1.31. The highest BCUT2D eigenvalue weighted by atomic mass is 32.2. The molecule has 0 radical (unpaired) electrons. The van der Waals surface area contributed by atoms with Crippen molar-refractivity contribution >= 4 is 38.7 Å². The summed E-state index contributed by atoms with van der Waals surface area (Å²) in [6.45, 7) is 1.88. The number of furan rings is 1. The molecular weight excluding hydrogens is 458 g/mol. The van der Waals surface area contributed by atoms with E-state index >= 15 is 0 Å². The lowest BCUT2D eigenvalue weighted by molar-refractivity contribution is -0.119. The van der Waals surface area contributed by atoms with Crippen LogP contribution in [0.2, 0.25) is 0 Å². The fourth-order valence-electron chi connectivity index (χ4n) is 4.12. The van der Waals surface area contributed by atoms with Crippen molar-refractivity contribution in [3.8, 4) is 0 Å². The molecule has 0 spiro atoms. The predicted molar refractivity (Wildman–Crippen MR) is 130 cm³/mol. The van der Waals surface area contributed by atoms with E-state index in [2.05, 4.69) is 10.3 Å². The average Bonchev–Trinajstić information content (AvgIpc) is 3.28. The number of hydrogen-bond donors (Lipinski definition) is 1. The molecule has 2 aromatic heterocycles. The fourth-order valence-corrected chi connectivity index (χ4v) is 6.14. The normalized spacial score (nSPS) is 16.2. The Labute approximate surface area is 199 Å². The molecule has 4 rings (SSSR count). The van der Waals surface area contributed by atoms with Gasteiger partial charge < -0.3 is 9.73 Å². The highest BCUT2D eigenvalue weighted by Gasteiger charge is 2.29. The number of amides is 1. The molecule has 0 saturated heterocycles. The van der Waals surface area contributed by atoms with Gasteiger partial charge in [-0.25, -0.2) is 13.4 Å². The van der Waals surface area contributed by atoms with Crippen LogP contribution in [-0.2, 0) is 14.8 Å². The largest absolute Gasteiger partial charge is 0.459 e. The van der Waals surface area contributed by atoms with Crippen LogP contribution in [0.4, 0.5) is 0 Å². The minimum atomic E-state index is -3.57. The maximum Gasteiger partial charge on any atom is 0.244 e. The molecule has 1 N–H and O–H groups in total. The molecular formula is C24H29N3O4S2. The molecule has 1 unspecified atom stereocenters. The van der Waals surface area contributed by atoms with Crippen LogP contribution < -0.4 is 5.32 Å². The van der Waals surface area contributed by atoms with Gasteiger partial charge in [0.2, 0.25) is 15.9 Å². The molecule has 1 fully saturated rings. The topological polar surface area (TPSA) is 92.5 Å². The van der Waals surface area contributed by atoms with Crippen molar-refractivity contribution in [3.05, 3.63) is 54.4 Å². The number of rotatable bonds is 8. The Kier molecular flexibility index (Phi) is 7.41. The summed E-state index contributed by atoms with van der Waals surface area (Å²) in [5.74, 6) is 0.721. The summed E-state index contributed by atoms with van der Waals surface area (Å²) in [4.78, 5) is 16.9. The number of para-hydroxylation sites is 1. The molecule has 9 heteroatoms. The van der Waals surface area contributed by atoms with Crippen molar-refractivity contribution in [3.63, 3.8) is 0 Å². The summed E-state index contributed by atoms with van der Waals surface area (Å²) in [5.41, 5.74) is 0.788. The maximum atomic E-state index is 12.9. The van der Waals surface area contributed by atoms with E-state index in [0.29, 0.717) is 10.8 Å². The number of benzene rings is 1. The standard InChI is InChI=1S/C24H29N3O4S2/c1-17(22-14-18-8-6-7-11-21(18)31-22)26-23(28)16-32-24-13-12-20(15-25-24)33(29,30)27(2)19-9-4-3-5-10-19/h6-8,11-15,17,19H,3-5,9-10,16H2,1-2H3,(H,26,28). The molecule has 3 aromatic rings. The van der Waals surface area contributed by atoms with E-state index in [1.807, 2.05) is 37.3 Å². The molecule has 33 heavy (non-hydrogen) atoms. The van der Waals surface area contributed by atoms with Gasteiger partial charge in [0, 0.05) is 24.7 Å². The van der Waals surface area contributed by atoms with Crippen LogP contribution in [0.3, 0.4) is 0 Å². The number of fused-ring (bicyclic) bond motifs is 1. The number of hydrogen-bond acceptors (Lipinski definition) is 6. The molecule has 176 valence electrons. The van der Waals surface area contributed by atoms with Gasteiger partial charge in [-0.3, -0.25) is 4.79 Å². The van der Waals surface area contributed by atoms with E-state index in [4.69, 9.17) is 4.42 Å². The lowest BCUT2D eigenvalue weighted by Crippen LogP contribution is -2.38. The first-order chi connectivity index (χ1) is 15.8. The number of nitrogens with one attached hydrogen (secondary N) is 1. The van der Waals surface area contributed by atoms with E-state index in [-0.39, 0.29) is 28.6 Å². The monoisotopic (exact) mass is 487 g/mol. The molecule has 1 aliphatic rings. The molecule has 0 aliphatic heterocycles. The van der Waals surface area contributed by atoms with Crippen LogP contribution >= 0.6 is 11.8 Å². The fraction of sp³-hybridized carbons (Fsp3) is 0.417. The van der Waals surface area contributed by atoms with Gasteiger partial charge in [0.05, 0.1) is 16.8 Å². The van der Waals surface area contributed by atoms with Gasteiger partial charge in [0.1, 0.15) is 16.2 Å². The lowest BCUT2D eigenvalue weighted by Gasteiger charge is -2.30. The Morgan fingerprint density at radius 1 is 1.21 bits per heavy atom. The van der Waals surface area contributed by atoms with E-state index in [1.54, 1.807) is 19.2 Å². The first-order valence-electron chi connectivity index (χ1n) is 11.2. The number of carbonyl (C=O) groups is 1. The third-order valence-electron chi connectivity index (χ3n) is 6.08. The van der Waals surface area contributed by atoms with Crippen molar-refractivity contribution in [2.45, 2.75) is 61.0 Å². The van der Waals surface area contributed by atoms with Crippen LogP contribution in [0, 0.1) is 0 Å². The summed E-state index contributed by atoms with van der Waals surface area (Å²) in [6.07, 6.45) is 6.48. The highest BCUT2D eigenvalue weighted by molar-refractivity contribution is 7.99. The Morgan fingerprint density at radius 2 is 1.97 bits per heavy atom. The van der Waals surface area contributed by atoms with Crippen LogP contribution in [0.1, 0.15) is 50.8 Å². The Hall–Kier alpha value is -2.36. The van der Waals surface area contributed by atoms with E-state index < -0.39 is 10.0 Å². The van der Waals surface area contributed by atoms with Crippen molar-refractivity contribution in [2.24, 2.45) is 0 Å². The Morgan fingerprint density at radius 3 is 2.67 bits per heavy atom. The summed E-state index contributed by atoms with van der Waals surface area (Å²) in [6, 6.07) is 12.7. The number of carbonyl (C=O) groups excluding carboxylic acids is 1. The third-order valence-corrected chi connectivity index (χ3v) is 8.91. The molecule has 1 saturated carbocycles. The van der Waals surface area contributed by atoms with Crippen LogP contribution in [0.5, 0.6) is 0 Å². The molecule has 1 aliphatic carbocycles. The van der Waals surface area contributed by atoms with Crippen LogP contribution in [0.25, 0.3) is 11.0 Å². The second-order valence-corrected chi connectivity index (χ2v) is 11.4. The minimum absolute atomic E-state index is 0.0511. The van der Waals surface area contributed by atoms with Gasteiger partial charge in [-0.2, -0.15) is 4.31 Å².